The van der Waals surface area contributed by atoms with Crippen LogP contribution in [0.4, 0.5) is 11.4 Å². The van der Waals surface area contributed by atoms with E-state index in [-0.39, 0.29) is 23.6 Å². The van der Waals surface area contributed by atoms with E-state index in [4.69, 9.17) is 11.6 Å². The molecule has 2 heterocycles. The van der Waals surface area contributed by atoms with E-state index in [1.165, 1.54) is 0 Å². The maximum atomic E-state index is 13.0. The van der Waals surface area contributed by atoms with Gasteiger partial charge in [-0.1, -0.05) is 23.7 Å². The quantitative estimate of drug-likeness (QED) is 0.744. The zero-order valence-corrected chi connectivity index (χ0v) is 18.5. The fourth-order valence-corrected chi connectivity index (χ4v) is 4.52. The van der Waals surface area contributed by atoms with Crippen LogP contribution in [0.2, 0.25) is 5.02 Å². The van der Waals surface area contributed by atoms with Crippen LogP contribution in [0.5, 0.6) is 0 Å². The molecule has 0 aromatic heterocycles. The lowest BCUT2D eigenvalue weighted by atomic mass is 9.97. The van der Waals surface area contributed by atoms with Crippen LogP contribution in [0.15, 0.2) is 36.4 Å². The molecule has 2 aromatic rings. The van der Waals surface area contributed by atoms with E-state index in [2.05, 4.69) is 5.32 Å². The molecule has 0 spiro atoms. The van der Waals surface area contributed by atoms with Gasteiger partial charge in [-0.05, 0) is 53.8 Å². The van der Waals surface area contributed by atoms with Gasteiger partial charge < -0.3 is 15.1 Å². The number of carbonyl (C=O) groups is 3. The summed E-state index contributed by atoms with van der Waals surface area (Å²) in [5, 5.41) is 3.45. The van der Waals surface area contributed by atoms with Gasteiger partial charge >= 0.3 is 0 Å². The minimum atomic E-state index is -0.0469. The van der Waals surface area contributed by atoms with Gasteiger partial charge in [-0.2, -0.15) is 0 Å². The number of nitrogens with one attached hydrogen (secondary N) is 1. The lowest BCUT2D eigenvalue weighted by molar-refractivity contribution is -0.129. The predicted octanol–water partition coefficient (Wildman–Crippen LogP) is 3.77. The molecule has 4 rings (SSSR count). The summed E-state index contributed by atoms with van der Waals surface area (Å²) in [5.74, 6) is 0.0721. The van der Waals surface area contributed by atoms with Crippen LogP contribution in [0, 0.1) is 0 Å². The molecule has 0 bridgehead atoms. The Hall–Kier alpha value is -2.86. The van der Waals surface area contributed by atoms with Gasteiger partial charge in [-0.25, -0.2) is 0 Å². The van der Waals surface area contributed by atoms with Gasteiger partial charge in [-0.3, -0.25) is 14.4 Å². The SMILES string of the molecule is CN(C)C(=O)CC1CN(C(=O)CCCc2ccc3c(c2)CC(=O)N3)c2ccc(Cl)cc21. The molecule has 31 heavy (non-hydrogen) atoms. The van der Waals surface area contributed by atoms with Crippen LogP contribution in [0.3, 0.4) is 0 Å². The molecule has 3 amide bonds. The van der Waals surface area contributed by atoms with Crippen molar-refractivity contribution < 1.29 is 14.4 Å². The van der Waals surface area contributed by atoms with E-state index in [9.17, 15) is 14.4 Å². The smallest absolute Gasteiger partial charge is 0.228 e. The number of hydrogen-bond acceptors (Lipinski definition) is 3. The average molecular weight is 440 g/mol. The lowest BCUT2D eigenvalue weighted by Crippen LogP contribution is -2.31. The van der Waals surface area contributed by atoms with Gasteiger partial charge in [0, 0.05) is 55.8 Å². The summed E-state index contributed by atoms with van der Waals surface area (Å²) in [6.07, 6.45) is 2.69. The first-order valence-corrected chi connectivity index (χ1v) is 10.9. The number of anilines is 2. The summed E-state index contributed by atoms with van der Waals surface area (Å²) in [6.45, 7) is 0.501. The van der Waals surface area contributed by atoms with Crippen molar-refractivity contribution in [2.24, 2.45) is 0 Å². The molecular formula is C24H26ClN3O3. The summed E-state index contributed by atoms with van der Waals surface area (Å²) in [7, 11) is 3.48. The second-order valence-corrected chi connectivity index (χ2v) is 8.90. The number of nitrogens with zero attached hydrogens (tertiary/aromatic N) is 2. The standard InChI is InChI=1S/C24H26ClN3O3/c1-27(2)24(31)12-17-14-28(21-9-7-18(25)13-19(17)21)23(30)5-3-4-15-6-8-20-16(10-15)11-22(29)26-20/h6-10,13,17H,3-5,11-12,14H2,1-2H3,(H,26,29). The van der Waals surface area contributed by atoms with Gasteiger partial charge in [0.25, 0.3) is 0 Å². The van der Waals surface area contributed by atoms with E-state index in [0.717, 1.165) is 40.9 Å². The first-order valence-electron chi connectivity index (χ1n) is 10.5. The van der Waals surface area contributed by atoms with Crippen molar-refractivity contribution in [3.8, 4) is 0 Å². The van der Waals surface area contributed by atoms with E-state index >= 15 is 0 Å². The van der Waals surface area contributed by atoms with Crippen molar-refractivity contribution in [1.29, 1.82) is 0 Å². The predicted molar refractivity (Wildman–Crippen MR) is 122 cm³/mol. The Balaban J connectivity index is 1.40. The van der Waals surface area contributed by atoms with E-state index in [1.54, 1.807) is 30.0 Å². The van der Waals surface area contributed by atoms with Crippen molar-refractivity contribution >= 4 is 40.7 Å². The van der Waals surface area contributed by atoms with E-state index in [1.807, 2.05) is 30.3 Å². The summed E-state index contributed by atoms with van der Waals surface area (Å²) >= 11 is 6.19. The Morgan fingerprint density at radius 3 is 2.77 bits per heavy atom. The third-order valence-corrected chi connectivity index (χ3v) is 6.23. The number of hydrogen-bond donors (Lipinski definition) is 1. The first-order chi connectivity index (χ1) is 14.8. The number of amides is 3. The van der Waals surface area contributed by atoms with Crippen LogP contribution in [0.25, 0.3) is 0 Å². The van der Waals surface area contributed by atoms with Crippen molar-refractivity contribution in [1.82, 2.24) is 4.90 Å². The molecule has 0 saturated heterocycles. The number of fused-ring (bicyclic) bond motifs is 2. The summed E-state index contributed by atoms with van der Waals surface area (Å²) in [4.78, 5) is 40.2. The molecule has 2 aromatic carbocycles. The molecule has 162 valence electrons. The maximum absolute atomic E-state index is 13.0. The van der Waals surface area contributed by atoms with Crippen LogP contribution in [-0.2, 0) is 27.2 Å². The minimum absolute atomic E-state index is 0.0254. The highest BCUT2D eigenvalue weighted by Crippen LogP contribution is 2.40. The van der Waals surface area contributed by atoms with Crippen molar-refractivity contribution in [3.63, 3.8) is 0 Å². The molecule has 0 fully saturated rings. The molecule has 1 unspecified atom stereocenters. The molecule has 2 aliphatic rings. The summed E-state index contributed by atoms with van der Waals surface area (Å²) in [5.41, 5.74) is 4.86. The number of carbonyl (C=O) groups excluding carboxylic acids is 3. The van der Waals surface area contributed by atoms with Crippen LogP contribution < -0.4 is 10.2 Å². The zero-order chi connectivity index (χ0) is 22.1. The molecule has 1 N–H and O–H groups in total. The second-order valence-electron chi connectivity index (χ2n) is 8.47. The molecule has 2 aliphatic heterocycles. The molecule has 1 atom stereocenters. The molecule has 7 heteroatoms. The second kappa shape index (κ2) is 8.71. The molecule has 0 aliphatic carbocycles. The number of benzene rings is 2. The van der Waals surface area contributed by atoms with Crippen LogP contribution in [0.1, 0.15) is 41.9 Å². The fourth-order valence-electron chi connectivity index (χ4n) is 4.34. The fraction of sp³-hybridized carbons (Fsp3) is 0.375. The van der Waals surface area contributed by atoms with Gasteiger partial charge in [-0.15, -0.1) is 0 Å². The summed E-state index contributed by atoms with van der Waals surface area (Å²) < 4.78 is 0. The Labute approximate surface area is 187 Å². The monoisotopic (exact) mass is 439 g/mol. The maximum Gasteiger partial charge on any atom is 0.228 e. The summed E-state index contributed by atoms with van der Waals surface area (Å²) in [6, 6.07) is 11.5. The van der Waals surface area contributed by atoms with Gasteiger partial charge in [0.15, 0.2) is 0 Å². The van der Waals surface area contributed by atoms with Crippen LogP contribution >= 0.6 is 11.6 Å². The zero-order valence-electron chi connectivity index (χ0n) is 17.8. The Morgan fingerprint density at radius 2 is 2.00 bits per heavy atom. The highest BCUT2D eigenvalue weighted by molar-refractivity contribution is 6.30. The molecular weight excluding hydrogens is 414 g/mol. The Kier molecular flexibility index (Phi) is 6.01. The first kappa shape index (κ1) is 21.4. The molecule has 0 saturated carbocycles. The highest BCUT2D eigenvalue weighted by Gasteiger charge is 2.33. The number of rotatable bonds is 6. The van der Waals surface area contributed by atoms with Gasteiger partial charge in [0.1, 0.15) is 0 Å². The van der Waals surface area contributed by atoms with E-state index < -0.39 is 0 Å². The highest BCUT2D eigenvalue weighted by atomic mass is 35.5. The topological polar surface area (TPSA) is 69.7 Å². The van der Waals surface area contributed by atoms with Crippen molar-refractivity contribution in [3.05, 3.63) is 58.1 Å². The normalized spacial score (nSPS) is 16.7. The largest absolute Gasteiger partial charge is 0.349 e. The minimum Gasteiger partial charge on any atom is -0.349 e. The molecule has 0 radical (unpaired) electrons. The van der Waals surface area contributed by atoms with Gasteiger partial charge in [0.2, 0.25) is 17.7 Å². The van der Waals surface area contributed by atoms with Crippen LogP contribution in [-0.4, -0.2) is 43.3 Å². The Bertz CT molecular complexity index is 1050. The lowest BCUT2D eigenvalue weighted by Gasteiger charge is -2.18. The van der Waals surface area contributed by atoms with Crippen molar-refractivity contribution in [2.75, 3.05) is 30.9 Å². The van der Waals surface area contributed by atoms with Gasteiger partial charge in [0.05, 0.1) is 6.42 Å². The number of aryl methyl sites for hydroxylation is 1. The Morgan fingerprint density at radius 1 is 1.19 bits per heavy atom. The van der Waals surface area contributed by atoms with E-state index in [0.29, 0.717) is 30.8 Å². The third kappa shape index (κ3) is 4.59. The average Bonchev–Trinajstić information content (AvgIpc) is 3.26. The number of halogens is 1. The third-order valence-electron chi connectivity index (χ3n) is 5.99. The molecule has 6 nitrogen and oxygen atoms in total. The van der Waals surface area contributed by atoms with Crippen molar-refractivity contribution in [2.45, 2.75) is 38.0 Å².